The van der Waals surface area contributed by atoms with Gasteiger partial charge >= 0.3 is 0 Å². The summed E-state index contributed by atoms with van der Waals surface area (Å²) in [6.07, 6.45) is 72.6. The van der Waals surface area contributed by atoms with Gasteiger partial charge in [0.15, 0.2) is 18.9 Å². The van der Waals surface area contributed by atoms with Crippen molar-refractivity contribution in [3.05, 3.63) is 146 Å². The van der Waals surface area contributed by atoms with Crippen molar-refractivity contribution in [1.82, 2.24) is 5.32 Å². The van der Waals surface area contributed by atoms with Gasteiger partial charge in [-0.2, -0.15) is 0 Å². The molecule has 0 aromatic heterocycles. The minimum atomic E-state index is -1.99. The molecule has 624 valence electrons. The predicted molar refractivity (Wildman–Crippen MR) is 438 cm³/mol. The van der Waals surface area contributed by atoms with E-state index in [4.69, 9.17) is 28.4 Å². The first-order chi connectivity index (χ1) is 53.3. The van der Waals surface area contributed by atoms with Crippen molar-refractivity contribution in [2.24, 2.45) is 0 Å². The van der Waals surface area contributed by atoms with E-state index in [1.807, 2.05) is 6.08 Å². The minimum Gasteiger partial charge on any atom is -0.394 e. The van der Waals surface area contributed by atoms with Crippen LogP contribution >= 0.6 is 0 Å². The molecule has 3 fully saturated rings. The van der Waals surface area contributed by atoms with Gasteiger partial charge < -0.3 is 89.9 Å². The van der Waals surface area contributed by atoms with E-state index in [0.29, 0.717) is 12.8 Å². The molecule has 3 aliphatic heterocycles. The van der Waals surface area contributed by atoms with Crippen molar-refractivity contribution in [2.75, 3.05) is 26.4 Å². The molecule has 0 aliphatic carbocycles. The fourth-order valence-corrected chi connectivity index (χ4v) is 13.4. The Morgan fingerprint density at radius 2 is 0.642 bits per heavy atom. The fraction of sp³-hybridized carbons (Fsp3) is 0.722. The Morgan fingerprint density at radius 1 is 0.339 bits per heavy atom. The Kier molecular flexibility index (Phi) is 61.8. The van der Waals surface area contributed by atoms with Gasteiger partial charge in [0.25, 0.3) is 0 Å². The van der Waals surface area contributed by atoms with Crippen LogP contribution in [-0.2, 0) is 33.2 Å². The Morgan fingerprint density at radius 3 is 1.03 bits per heavy atom. The van der Waals surface area contributed by atoms with Gasteiger partial charge in [0.1, 0.15) is 73.2 Å². The molecule has 17 unspecified atom stereocenters. The molecular formula is C90H151NO18. The Balaban J connectivity index is 1.35. The number of hydrogen-bond acceptors (Lipinski definition) is 18. The molecule has 0 spiro atoms. The number of ether oxygens (including phenoxy) is 6. The molecule has 109 heavy (non-hydrogen) atoms. The molecule has 3 aliphatic rings. The molecule has 3 rings (SSSR count). The van der Waals surface area contributed by atoms with E-state index in [1.165, 1.54) is 135 Å². The van der Waals surface area contributed by atoms with Crippen LogP contribution in [-0.4, -0.2) is 193 Å². The molecule has 0 radical (unpaired) electrons. The number of hydrogen-bond donors (Lipinski definition) is 12. The van der Waals surface area contributed by atoms with E-state index < -0.39 is 124 Å². The summed E-state index contributed by atoms with van der Waals surface area (Å²) < 4.78 is 34.4. The van der Waals surface area contributed by atoms with E-state index in [1.54, 1.807) is 6.08 Å². The summed E-state index contributed by atoms with van der Waals surface area (Å²) in [5.74, 6) is -0.294. The van der Waals surface area contributed by atoms with Gasteiger partial charge in [0, 0.05) is 6.42 Å². The summed E-state index contributed by atoms with van der Waals surface area (Å²) in [5.41, 5.74) is 0. The quantitative estimate of drug-likeness (QED) is 0.0199. The van der Waals surface area contributed by atoms with Crippen LogP contribution < -0.4 is 5.32 Å². The summed E-state index contributed by atoms with van der Waals surface area (Å²) in [6.45, 7) is 1.61. The summed E-state index contributed by atoms with van der Waals surface area (Å²) in [7, 11) is 0. The van der Waals surface area contributed by atoms with Crippen LogP contribution in [0.5, 0.6) is 0 Å². The highest BCUT2D eigenvalue weighted by atomic mass is 16.8. The van der Waals surface area contributed by atoms with Crippen molar-refractivity contribution in [3.8, 4) is 0 Å². The first-order valence-electron chi connectivity index (χ1n) is 42.6. The predicted octanol–water partition coefficient (Wildman–Crippen LogP) is 15.4. The number of rotatable bonds is 66. The third-order valence-electron chi connectivity index (χ3n) is 20.1. The van der Waals surface area contributed by atoms with Gasteiger partial charge in [-0.3, -0.25) is 4.79 Å². The average Bonchev–Trinajstić information content (AvgIpc) is 0.760. The summed E-state index contributed by atoms with van der Waals surface area (Å²) in [6, 6.07) is -1.00. The molecule has 0 aromatic carbocycles. The molecule has 19 nitrogen and oxygen atoms in total. The number of amides is 1. The van der Waals surface area contributed by atoms with Crippen LogP contribution in [0.1, 0.15) is 284 Å². The average molecular weight is 1540 g/mol. The second kappa shape index (κ2) is 68.1. The maximum absolute atomic E-state index is 13.5. The molecule has 3 heterocycles. The van der Waals surface area contributed by atoms with Gasteiger partial charge in [-0.25, -0.2) is 0 Å². The molecule has 3 saturated heterocycles. The zero-order valence-corrected chi connectivity index (χ0v) is 67.0. The number of carbonyl (C=O) groups is 1. The first-order valence-corrected chi connectivity index (χ1v) is 42.6. The SMILES string of the molecule is CC/C=C\C/C=C\C/C=C\C/C=C\C/C=C\C/C=C\C/C=C\C/C=C\C/C=C\C/C=C\CCCCCCCCCCCCC(=O)NC(COC1OC(CO)C(OC2OC(CO)C(OC3OC(CO)C(O)C(O)C3O)C(O)C2O)C(O)C1O)C(O)/C=C/CC/C=C/CCCCCCCCCCCCCCCCCCC. The van der Waals surface area contributed by atoms with Crippen molar-refractivity contribution < 1.29 is 89.4 Å². The monoisotopic (exact) mass is 1530 g/mol. The number of unbranched alkanes of at least 4 members (excludes halogenated alkanes) is 28. The topological polar surface area (TPSA) is 307 Å². The highest BCUT2D eigenvalue weighted by Gasteiger charge is 2.54. The number of aliphatic hydroxyl groups is 11. The molecule has 19 heteroatoms. The lowest BCUT2D eigenvalue weighted by atomic mass is 9.96. The zero-order valence-electron chi connectivity index (χ0n) is 67.0. The maximum atomic E-state index is 13.5. The van der Waals surface area contributed by atoms with E-state index in [2.05, 4.69) is 153 Å². The molecule has 17 atom stereocenters. The molecular weight excluding hydrogens is 1380 g/mol. The summed E-state index contributed by atoms with van der Waals surface area (Å²) >= 11 is 0. The largest absolute Gasteiger partial charge is 0.394 e. The van der Waals surface area contributed by atoms with Crippen LogP contribution in [0.4, 0.5) is 0 Å². The fourth-order valence-electron chi connectivity index (χ4n) is 13.4. The van der Waals surface area contributed by atoms with E-state index in [-0.39, 0.29) is 18.9 Å². The van der Waals surface area contributed by atoms with Gasteiger partial charge in [-0.1, -0.05) is 314 Å². The van der Waals surface area contributed by atoms with Crippen molar-refractivity contribution in [2.45, 2.75) is 388 Å². The molecule has 0 aromatic rings. The molecule has 1 amide bonds. The van der Waals surface area contributed by atoms with Gasteiger partial charge in [0.05, 0.1) is 38.6 Å². The smallest absolute Gasteiger partial charge is 0.220 e. The van der Waals surface area contributed by atoms with Crippen molar-refractivity contribution >= 4 is 5.91 Å². The third-order valence-corrected chi connectivity index (χ3v) is 20.1. The lowest BCUT2D eigenvalue weighted by Gasteiger charge is -2.48. The maximum Gasteiger partial charge on any atom is 0.220 e. The number of carbonyl (C=O) groups excluding carboxylic acids is 1. The number of allylic oxidation sites excluding steroid dienone is 23. The minimum absolute atomic E-state index is 0.222. The molecule has 0 saturated carbocycles. The number of nitrogens with one attached hydrogen (secondary N) is 1. The van der Waals surface area contributed by atoms with Crippen molar-refractivity contribution in [3.63, 3.8) is 0 Å². The zero-order chi connectivity index (χ0) is 78.8. The second-order valence-corrected chi connectivity index (χ2v) is 29.6. The van der Waals surface area contributed by atoms with Gasteiger partial charge in [0.2, 0.25) is 5.91 Å². The van der Waals surface area contributed by atoms with E-state index in [9.17, 15) is 61.0 Å². The van der Waals surface area contributed by atoms with Crippen LogP contribution in [0.25, 0.3) is 0 Å². The summed E-state index contributed by atoms with van der Waals surface area (Å²) in [4.78, 5) is 13.5. The molecule has 0 bridgehead atoms. The standard InChI is InChI=1S/C90H151NO18/c1-3-5-7-9-11-13-15-17-19-21-23-25-27-28-29-30-31-32-33-34-35-36-37-38-39-40-41-42-43-44-46-48-50-52-54-56-58-60-62-64-66-68-78(96)91-73(74(95)67-65-63-61-59-57-55-53-51-49-47-45-26-24-22-20-18-16-14-12-10-8-6-4-2)72-104-88-84(102)81(99)86(76(70-93)106-88)109-90-85(103)82(100)87(77(71-94)107-90)108-89-83(101)80(98)79(97)75(69-92)105-89/h5,7,11,13,17,19,23,25,28-29,31-32,34-35,37-38,40-41,43-44,57,59,65,67,73-77,79-90,92-95,97-103H,3-4,6,8-10,12,14-16,18,20-22,24,26-27,30,33,36,39,42,45-56,58,60-64,66,68-72H2,1-2H3,(H,91,96)/b7-5-,13-11-,19-17-,25-23-,29-28-,32-31-,35-34-,38-37-,41-40-,44-43-,59-57+,67-65+. The molecule has 12 N–H and O–H groups in total. The van der Waals surface area contributed by atoms with Gasteiger partial charge in [-0.15, -0.1) is 0 Å². The van der Waals surface area contributed by atoms with Crippen molar-refractivity contribution in [1.29, 1.82) is 0 Å². The first kappa shape index (κ1) is 98.9. The highest BCUT2D eigenvalue weighted by molar-refractivity contribution is 5.76. The lowest BCUT2D eigenvalue weighted by Crippen LogP contribution is -2.66. The van der Waals surface area contributed by atoms with E-state index >= 15 is 0 Å². The normalized spacial score (nSPS) is 26.0. The third kappa shape index (κ3) is 47.2. The van der Waals surface area contributed by atoms with Crippen LogP contribution in [0.2, 0.25) is 0 Å². The lowest BCUT2D eigenvalue weighted by molar-refractivity contribution is -0.379. The van der Waals surface area contributed by atoms with Crippen LogP contribution in [0, 0.1) is 0 Å². The van der Waals surface area contributed by atoms with E-state index in [0.717, 1.165) is 116 Å². The van der Waals surface area contributed by atoms with Crippen LogP contribution in [0.15, 0.2) is 146 Å². The number of aliphatic hydroxyl groups excluding tert-OH is 11. The van der Waals surface area contributed by atoms with Crippen LogP contribution in [0.3, 0.4) is 0 Å². The van der Waals surface area contributed by atoms with Gasteiger partial charge in [-0.05, 0) is 109 Å². The second-order valence-electron chi connectivity index (χ2n) is 29.6. The Hall–Kier alpha value is -4.33. The Labute approximate surface area is 657 Å². The summed E-state index contributed by atoms with van der Waals surface area (Å²) in [5, 5.41) is 121. The highest BCUT2D eigenvalue weighted by Crippen LogP contribution is 2.33. The Bertz CT molecular complexity index is 2540.